The average Bonchev–Trinajstić information content (AvgIpc) is 3.24. The van der Waals surface area contributed by atoms with E-state index in [1.165, 1.54) is 11.3 Å². The zero-order chi connectivity index (χ0) is 22.0. The van der Waals surface area contributed by atoms with Crippen molar-refractivity contribution in [3.63, 3.8) is 0 Å². The second-order valence-corrected chi connectivity index (χ2v) is 8.71. The maximum atomic E-state index is 5.80. The molecule has 1 N–H and O–H groups in total. The Labute approximate surface area is 189 Å². The van der Waals surface area contributed by atoms with Crippen molar-refractivity contribution >= 4 is 17.3 Å². The minimum Gasteiger partial charge on any atom is -0.352 e. The van der Waals surface area contributed by atoms with Crippen LogP contribution in [0.1, 0.15) is 41.1 Å². The maximum absolute atomic E-state index is 5.80. The van der Waals surface area contributed by atoms with Gasteiger partial charge in [0.15, 0.2) is 5.11 Å². The van der Waals surface area contributed by atoms with Crippen LogP contribution in [0.2, 0.25) is 0 Å². The summed E-state index contributed by atoms with van der Waals surface area (Å²) >= 11 is 5.80. The van der Waals surface area contributed by atoms with Crippen molar-refractivity contribution in [1.29, 1.82) is 0 Å². The first-order valence-electron chi connectivity index (χ1n) is 10.7. The normalized spacial score (nSPS) is 18.6. The Bertz CT molecular complexity index is 1030. The number of thiocarbonyl (C=S) groups is 1. The van der Waals surface area contributed by atoms with Crippen LogP contribution >= 0.6 is 12.2 Å². The summed E-state index contributed by atoms with van der Waals surface area (Å²) in [5, 5.41) is 4.35. The Morgan fingerprint density at radius 2 is 1.81 bits per heavy atom. The first-order chi connectivity index (χ1) is 15.0. The molecule has 0 spiro atoms. The number of aromatic nitrogens is 3. The highest BCUT2D eigenvalue weighted by atomic mass is 32.1. The summed E-state index contributed by atoms with van der Waals surface area (Å²) in [5.74, 6) is 0.936. The molecule has 3 aromatic rings. The molecule has 2 atom stereocenters. The third-order valence-electron chi connectivity index (χ3n) is 5.87. The summed E-state index contributed by atoms with van der Waals surface area (Å²) in [7, 11) is 4.21. The van der Waals surface area contributed by atoms with Crippen LogP contribution in [-0.2, 0) is 0 Å². The van der Waals surface area contributed by atoms with Crippen molar-refractivity contribution in [1.82, 2.24) is 29.7 Å². The zero-order valence-electron chi connectivity index (χ0n) is 18.6. The van der Waals surface area contributed by atoms with Gasteiger partial charge in [0, 0.05) is 30.3 Å². The highest BCUT2D eigenvalue weighted by molar-refractivity contribution is 7.80. The van der Waals surface area contributed by atoms with Crippen molar-refractivity contribution in [2.75, 3.05) is 27.2 Å². The topological polar surface area (TPSA) is 49.2 Å². The smallest absolute Gasteiger partial charge is 0.170 e. The number of nitrogens with zero attached hydrogens (tertiary/aromatic N) is 5. The van der Waals surface area contributed by atoms with E-state index < -0.39 is 0 Å². The molecule has 1 aliphatic rings. The molecule has 4 heterocycles. The number of rotatable bonds is 7. The molecule has 0 bridgehead atoms. The summed E-state index contributed by atoms with van der Waals surface area (Å²) in [6.07, 6.45) is 4.73. The molecule has 1 saturated heterocycles. The lowest BCUT2D eigenvalue weighted by Gasteiger charge is -2.28. The second-order valence-electron chi connectivity index (χ2n) is 8.33. The van der Waals surface area contributed by atoms with Crippen LogP contribution in [0.15, 0.2) is 54.9 Å². The van der Waals surface area contributed by atoms with Crippen molar-refractivity contribution < 1.29 is 0 Å². The molecule has 0 radical (unpaired) electrons. The van der Waals surface area contributed by atoms with E-state index in [4.69, 9.17) is 12.2 Å². The Kier molecular flexibility index (Phi) is 6.34. The first kappa shape index (κ1) is 21.5. The van der Waals surface area contributed by atoms with Gasteiger partial charge in [0.2, 0.25) is 0 Å². The fourth-order valence-electron chi connectivity index (χ4n) is 4.47. The van der Waals surface area contributed by atoms with Crippen LogP contribution in [0.3, 0.4) is 0 Å². The van der Waals surface area contributed by atoms with Gasteiger partial charge in [0.25, 0.3) is 0 Å². The van der Waals surface area contributed by atoms with Gasteiger partial charge < -0.3 is 19.7 Å². The SMILES string of the molecule is Cc1cc([C@@H]2[C@H](c3ccccn3)NC(=S)N2CCCN(C)C)c(C)n1-c1ccccn1. The molecule has 162 valence electrons. The predicted molar refractivity (Wildman–Crippen MR) is 128 cm³/mol. The zero-order valence-corrected chi connectivity index (χ0v) is 19.4. The molecule has 0 unspecified atom stereocenters. The number of hydrogen-bond acceptors (Lipinski definition) is 4. The van der Waals surface area contributed by atoms with E-state index in [-0.39, 0.29) is 12.1 Å². The van der Waals surface area contributed by atoms with E-state index in [0.29, 0.717) is 0 Å². The van der Waals surface area contributed by atoms with Gasteiger partial charge in [-0.3, -0.25) is 4.98 Å². The Morgan fingerprint density at radius 1 is 1.06 bits per heavy atom. The van der Waals surface area contributed by atoms with Crippen LogP contribution in [0.5, 0.6) is 0 Å². The summed E-state index contributed by atoms with van der Waals surface area (Å²) in [4.78, 5) is 13.8. The summed E-state index contributed by atoms with van der Waals surface area (Å²) in [6.45, 7) is 6.22. The molecule has 0 aromatic carbocycles. The Balaban J connectivity index is 1.76. The molecule has 0 aliphatic carbocycles. The van der Waals surface area contributed by atoms with Crippen molar-refractivity contribution in [3.05, 3.63) is 77.5 Å². The van der Waals surface area contributed by atoms with Crippen LogP contribution in [0.4, 0.5) is 0 Å². The van der Waals surface area contributed by atoms with E-state index in [2.05, 4.69) is 69.7 Å². The summed E-state index contributed by atoms with van der Waals surface area (Å²) < 4.78 is 2.23. The van der Waals surface area contributed by atoms with Crippen LogP contribution in [0, 0.1) is 13.8 Å². The van der Waals surface area contributed by atoms with Crippen molar-refractivity contribution in [2.24, 2.45) is 0 Å². The van der Waals surface area contributed by atoms with Crippen LogP contribution in [0.25, 0.3) is 5.82 Å². The van der Waals surface area contributed by atoms with Crippen LogP contribution in [-0.4, -0.2) is 56.6 Å². The highest BCUT2D eigenvalue weighted by Crippen LogP contribution is 2.41. The lowest BCUT2D eigenvalue weighted by Crippen LogP contribution is -2.32. The number of aryl methyl sites for hydroxylation is 1. The van der Waals surface area contributed by atoms with Gasteiger partial charge in [-0.25, -0.2) is 4.98 Å². The standard InChI is InChI=1S/C24H30N6S/c1-17-16-19(18(2)30(17)21-11-6-8-13-26-21)23-22(20-10-5-7-12-25-20)27-24(31)29(23)15-9-14-28(3)4/h5-8,10-13,16,22-23H,9,14-15H2,1-4H3,(H,27,31)/t22-,23+/m0/s1. The Morgan fingerprint density at radius 3 is 2.45 bits per heavy atom. The molecule has 4 rings (SSSR count). The molecule has 3 aromatic heterocycles. The molecule has 1 aliphatic heterocycles. The van der Waals surface area contributed by atoms with Gasteiger partial charge in [-0.15, -0.1) is 0 Å². The van der Waals surface area contributed by atoms with Gasteiger partial charge in [-0.05, 0) is 89.0 Å². The highest BCUT2D eigenvalue weighted by Gasteiger charge is 2.41. The minimum absolute atomic E-state index is 0.00531. The van der Waals surface area contributed by atoms with Gasteiger partial charge in [-0.1, -0.05) is 12.1 Å². The number of nitrogens with one attached hydrogen (secondary N) is 1. The molecular formula is C24H30N6S. The lowest BCUT2D eigenvalue weighted by atomic mass is 9.96. The van der Waals surface area contributed by atoms with Gasteiger partial charge in [0.1, 0.15) is 5.82 Å². The second kappa shape index (κ2) is 9.16. The maximum Gasteiger partial charge on any atom is 0.170 e. The van der Waals surface area contributed by atoms with Crippen molar-refractivity contribution in [3.8, 4) is 5.82 Å². The number of hydrogen-bond donors (Lipinski definition) is 1. The Hall–Kier alpha value is -2.77. The average molecular weight is 435 g/mol. The molecule has 0 amide bonds. The van der Waals surface area contributed by atoms with E-state index in [0.717, 1.165) is 41.8 Å². The third kappa shape index (κ3) is 4.34. The molecule has 1 fully saturated rings. The van der Waals surface area contributed by atoms with E-state index in [9.17, 15) is 0 Å². The summed E-state index contributed by atoms with van der Waals surface area (Å²) in [5.41, 5.74) is 4.62. The quantitative estimate of drug-likeness (QED) is 0.571. The predicted octanol–water partition coefficient (Wildman–Crippen LogP) is 3.81. The van der Waals surface area contributed by atoms with Gasteiger partial charge in [0.05, 0.1) is 17.8 Å². The van der Waals surface area contributed by atoms with Gasteiger partial charge >= 0.3 is 0 Å². The number of pyridine rings is 2. The molecule has 7 heteroatoms. The van der Waals surface area contributed by atoms with E-state index in [1.54, 1.807) is 0 Å². The molecular weight excluding hydrogens is 404 g/mol. The fourth-order valence-corrected chi connectivity index (χ4v) is 4.80. The third-order valence-corrected chi connectivity index (χ3v) is 6.22. The summed E-state index contributed by atoms with van der Waals surface area (Å²) in [6, 6.07) is 14.4. The first-order valence-corrected chi connectivity index (χ1v) is 11.1. The fraction of sp³-hybridized carbons (Fsp3) is 0.375. The van der Waals surface area contributed by atoms with E-state index >= 15 is 0 Å². The molecule has 6 nitrogen and oxygen atoms in total. The van der Waals surface area contributed by atoms with Crippen LogP contribution < -0.4 is 5.32 Å². The van der Waals surface area contributed by atoms with E-state index in [1.807, 2.05) is 42.7 Å². The minimum atomic E-state index is 0.00531. The van der Waals surface area contributed by atoms with Gasteiger partial charge in [-0.2, -0.15) is 0 Å². The monoisotopic (exact) mass is 434 g/mol. The lowest BCUT2D eigenvalue weighted by molar-refractivity contribution is 0.292. The molecule has 0 saturated carbocycles. The molecule has 31 heavy (non-hydrogen) atoms. The van der Waals surface area contributed by atoms with Crippen molar-refractivity contribution in [2.45, 2.75) is 32.4 Å². The largest absolute Gasteiger partial charge is 0.352 e.